The zero-order valence-electron chi connectivity index (χ0n) is 2.63. The second-order valence-corrected chi connectivity index (χ2v) is 24.3. The van der Waals surface area contributed by atoms with Gasteiger partial charge < -0.3 is 0 Å². The van der Waals surface area contributed by atoms with Crippen molar-refractivity contribution in [1.82, 2.24) is 0 Å². The fraction of sp³-hybridized carbons (Fsp3) is 0. The van der Waals surface area contributed by atoms with Gasteiger partial charge in [0.2, 0.25) is 0 Å². The fourth-order valence-electron chi connectivity index (χ4n) is 0. The molecule has 0 radical (unpaired) electrons. The second kappa shape index (κ2) is 2.54. The van der Waals surface area contributed by atoms with Gasteiger partial charge in [0.05, 0.1) is 0 Å². The normalized spacial score (nSPS) is 12.2. The molecule has 0 nitrogen and oxygen atoms in total. The molecule has 0 rings (SSSR count). The Balaban J connectivity index is 3.02. The van der Waals surface area contributed by atoms with Gasteiger partial charge in [-0.25, -0.2) is 0 Å². The molecule has 0 unspecified atom stereocenters. The first-order valence-corrected chi connectivity index (χ1v) is 14.8. The van der Waals surface area contributed by atoms with E-state index in [1.54, 1.807) is 14.3 Å². The van der Waals surface area contributed by atoms with Gasteiger partial charge in [0, 0.05) is 0 Å². The van der Waals surface area contributed by atoms with E-state index >= 15 is 0 Å². The maximum atomic E-state index is 5.27. The van der Waals surface area contributed by atoms with Crippen LogP contribution in [0.1, 0.15) is 0 Å². The Morgan fingerprint density at radius 3 is 1.20 bits per heavy atom. The van der Waals surface area contributed by atoms with Gasteiger partial charge in [0.15, 0.2) is 0 Å². The number of hydrogen-bond donors (Lipinski definition) is 0. The van der Waals surface area contributed by atoms with Gasteiger partial charge in [-0.2, -0.15) is 0 Å². The Hall–Kier alpha value is 2.27. The summed E-state index contributed by atoms with van der Waals surface area (Å²) in [4.78, 5) is 0. The molecule has 0 aromatic carbocycles. The zero-order chi connectivity index (χ0) is 4.50. The molecule has 0 aromatic heterocycles. The van der Waals surface area contributed by atoms with E-state index in [-0.39, 0.29) is 0 Å². The van der Waals surface area contributed by atoms with Crippen molar-refractivity contribution in [3.63, 3.8) is 0 Å². The molecular formula is Cl3LiSn. The molecule has 0 saturated heterocycles. The van der Waals surface area contributed by atoms with Crippen LogP contribution in [0.15, 0.2) is 0 Å². The molecule has 5 heteroatoms. The van der Waals surface area contributed by atoms with Crippen molar-refractivity contribution in [2.45, 2.75) is 0 Å². The average Bonchev–Trinajstić information content (AvgIpc) is 0.722. The molecule has 0 heterocycles. The molecule has 0 aliphatic rings. The molecule has 0 N–H and O–H groups in total. The van der Waals surface area contributed by atoms with E-state index in [4.69, 9.17) is 26.8 Å². The molecular weight excluding hydrogens is 232 g/mol. The van der Waals surface area contributed by atoms with Crippen molar-refractivity contribution < 1.29 is 0 Å². The summed E-state index contributed by atoms with van der Waals surface area (Å²) in [6.07, 6.45) is 0. The van der Waals surface area contributed by atoms with E-state index in [1.165, 1.54) is 0 Å². The van der Waals surface area contributed by atoms with Crippen LogP contribution in [-0.2, 0) is 0 Å². The van der Waals surface area contributed by atoms with Gasteiger partial charge >= 0.3 is 53.4 Å². The third-order valence-corrected chi connectivity index (χ3v) is 0. The zero-order valence-corrected chi connectivity index (χ0v) is 7.76. The Labute approximate surface area is 52.6 Å². The minimum absolute atomic E-state index is 1.69. The summed E-state index contributed by atoms with van der Waals surface area (Å²) in [6, 6.07) is 0. The SMILES string of the molecule is [Li][Sn]([Cl])([Cl])[Cl]. The monoisotopic (exact) mass is 232 g/mol. The van der Waals surface area contributed by atoms with Crippen LogP contribution in [0.2, 0.25) is 0 Å². The van der Waals surface area contributed by atoms with Gasteiger partial charge in [0.25, 0.3) is 0 Å². The number of rotatable bonds is 0. The molecule has 26 valence electrons. The third kappa shape index (κ3) is 22.2. The van der Waals surface area contributed by atoms with E-state index in [9.17, 15) is 0 Å². The Kier molecular flexibility index (Phi) is 3.70. The summed E-state index contributed by atoms with van der Waals surface area (Å²) >= 11 is -1.07. The second-order valence-electron chi connectivity index (χ2n) is 0.781. The third-order valence-electron chi connectivity index (χ3n) is 0. The molecule has 0 spiro atoms. The van der Waals surface area contributed by atoms with Crippen LogP contribution in [0.4, 0.5) is 0 Å². The van der Waals surface area contributed by atoms with Crippen LogP contribution >= 0.6 is 26.8 Å². The van der Waals surface area contributed by atoms with Gasteiger partial charge in [-0.3, -0.25) is 0 Å². The van der Waals surface area contributed by atoms with Gasteiger partial charge in [-0.15, -0.1) is 0 Å². The van der Waals surface area contributed by atoms with Crippen LogP contribution in [0, 0.1) is 0 Å². The standard InChI is InChI=1S/3ClH.Li.Sn/h3*1H;;/q;;;;+3/p-3. The number of hydrogen-bond acceptors (Lipinski definition) is 0. The van der Waals surface area contributed by atoms with E-state index < -0.39 is 12.3 Å². The molecule has 0 aliphatic carbocycles. The van der Waals surface area contributed by atoms with Crippen LogP contribution < -0.4 is 0 Å². The summed E-state index contributed by atoms with van der Waals surface area (Å²) in [7, 11) is 15.8. The molecule has 0 saturated carbocycles. The van der Waals surface area contributed by atoms with E-state index in [1.807, 2.05) is 0 Å². The fourth-order valence-corrected chi connectivity index (χ4v) is 0. The van der Waals surface area contributed by atoms with Gasteiger partial charge in [0.1, 0.15) is 0 Å². The summed E-state index contributed by atoms with van der Waals surface area (Å²) in [5.74, 6) is 0. The molecule has 5 heavy (non-hydrogen) atoms. The predicted octanol–water partition coefficient (Wildman–Crippen LogP) is 1.31. The topological polar surface area (TPSA) is 0 Å². The molecule has 0 amide bonds. The van der Waals surface area contributed by atoms with Crippen molar-refractivity contribution >= 4 is 53.4 Å². The Morgan fingerprint density at radius 2 is 1.20 bits per heavy atom. The van der Waals surface area contributed by atoms with Crippen molar-refractivity contribution in [3.05, 3.63) is 0 Å². The summed E-state index contributed by atoms with van der Waals surface area (Å²) < 4.78 is 0. The Bertz CT molecular complexity index is 22.4. The average molecular weight is 232 g/mol. The van der Waals surface area contributed by atoms with Crippen molar-refractivity contribution in [1.29, 1.82) is 0 Å². The van der Waals surface area contributed by atoms with Crippen LogP contribution in [0.5, 0.6) is 0 Å². The van der Waals surface area contributed by atoms with Crippen molar-refractivity contribution in [3.8, 4) is 0 Å². The summed E-state index contributed by atoms with van der Waals surface area (Å²) in [5, 5.41) is 0. The quantitative estimate of drug-likeness (QED) is 0.552. The van der Waals surface area contributed by atoms with E-state index in [2.05, 4.69) is 0 Å². The van der Waals surface area contributed by atoms with Gasteiger partial charge in [-0.1, -0.05) is 0 Å². The summed E-state index contributed by atoms with van der Waals surface area (Å²) in [6.45, 7) is 0. The molecule has 0 fully saturated rings. The molecule has 0 bridgehead atoms. The van der Waals surface area contributed by atoms with Crippen molar-refractivity contribution in [2.75, 3.05) is 0 Å². The van der Waals surface area contributed by atoms with Crippen molar-refractivity contribution in [2.24, 2.45) is 0 Å². The van der Waals surface area contributed by atoms with Crippen LogP contribution in [-0.4, -0.2) is 26.6 Å². The first-order valence-electron chi connectivity index (χ1n) is 1.07. The van der Waals surface area contributed by atoms with Gasteiger partial charge in [-0.05, 0) is 0 Å². The minimum atomic E-state index is -2.76. The molecule has 0 aliphatic heterocycles. The predicted molar refractivity (Wildman–Crippen MR) is 29.1 cm³/mol. The molecule has 0 atom stereocenters. The van der Waals surface area contributed by atoms with E-state index in [0.29, 0.717) is 0 Å². The first-order chi connectivity index (χ1) is 2.00. The molecule has 0 aromatic rings. The summed E-state index contributed by atoms with van der Waals surface area (Å²) in [5.41, 5.74) is 0. The van der Waals surface area contributed by atoms with E-state index in [0.717, 1.165) is 0 Å². The first kappa shape index (κ1) is 7.27. The maximum absolute atomic E-state index is 5.27. The number of halogens is 3. The van der Waals surface area contributed by atoms with Crippen LogP contribution in [0.3, 0.4) is 0 Å². The van der Waals surface area contributed by atoms with Crippen LogP contribution in [0.25, 0.3) is 0 Å². The Morgan fingerprint density at radius 1 is 1.20 bits per heavy atom.